The van der Waals surface area contributed by atoms with E-state index in [-0.39, 0.29) is 5.60 Å². The van der Waals surface area contributed by atoms with Gasteiger partial charge in [0.25, 0.3) is 0 Å². The van der Waals surface area contributed by atoms with Crippen LogP contribution in [-0.2, 0) is 13.0 Å². The second kappa shape index (κ2) is 6.64. The van der Waals surface area contributed by atoms with Gasteiger partial charge in [0, 0.05) is 50.1 Å². The molecule has 1 aromatic carbocycles. The molecule has 1 unspecified atom stereocenters. The van der Waals surface area contributed by atoms with Crippen molar-refractivity contribution in [3.05, 3.63) is 47.8 Å². The summed E-state index contributed by atoms with van der Waals surface area (Å²) in [5, 5.41) is 3.72. The molecule has 1 aromatic heterocycles. The first kappa shape index (κ1) is 16.3. The molecule has 4 rings (SSSR count). The van der Waals surface area contributed by atoms with E-state index in [1.807, 2.05) is 18.5 Å². The predicted octanol–water partition coefficient (Wildman–Crippen LogP) is 2.95. The molecule has 1 saturated heterocycles. The minimum Gasteiger partial charge on any atom is -0.487 e. The summed E-state index contributed by atoms with van der Waals surface area (Å²) in [6, 6.07) is 8.81. The molecule has 5 heteroatoms. The summed E-state index contributed by atoms with van der Waals surface area (Å²) in [5.74, 6) is 1.92. The molecule has 0 radical (unpaired) electrons. The molecule has 0 amide bonds. The fourth-order valence-corrected chi connectivity index (χ4v) is 3.85. The molecule has 5 nitrogen and oxygen atoms in total. The Morgan fingerprint density at radius 1 is 1.24 bits per heavy atom. The Morgan fingerprint density at radius 3 is 2.92 bits per heavy atom. The summed E-state index contributed by atoms with van der Waals surface area (Å²) >= 11 is 0. The number of hydrogen-bond acceptors (Lipinski definition) is 5. The lowest BCUT2D eigenvalue weighted by Gasteiger charge is -2.33. The van der Waals surface area contributed by atoms with E-state index in [9.17, 15) is 0 Å². The molecule has 1 fully saturated rings. The van der Waals surface area contributed by atoms with Gasteiger partial charge in [-0.2, -0.15) is 0 Å². The smallest absolute Gasteiger partial charge is 0.225 e. The van der Waals surface area contributed by atoms with Crippen molar-refractivity contribution in [2.24, 2.45) is 0 Å². The average molecular weight is 338 g/mol. The number of rotatable bonds is 4. The third-order valence-corrected chi connectivity index (χ3v) is 5.01. The quantitative estimate of drug-likeness (QED) is 0.929. The molecule has 0 aliphatic carbocycles. The number of para-hydroxylation sites is 1. The van der Waals surface area contributed by atoms with Gasteiger partial charge in [-0.05, 0) is 38.3 Å². The van der Waals surface area contributed by atoms with Gasteiger partial charge in [-0.3, -0.25) is 0 Å². The van der Waals surface area contributed by atoms with Crippen LogP contribution in [0.3, 0.4) is 0 Å². The highest BCUT2D eigenvalue weighted by molar-refractivity contribution is 5.45. The number of ether oxygens (including phenoxy) is 1. The van der Waals surface area contributed by atoms with E-state index in [0.29, 0.717) is 6.04 Å². The van der Waals surface area contributed by atoms with Crippen molar-refractivity contribution in [1.29, 1.82) is 0 Å². The maximum atomic E-state index is 6.19. The van der Waals surface area contributed by atoms with E-state index in [1.165, 1.54) is 17.5 Å². The van der Waals surface area contributed by atoms with Crippen LogP contribution in [0.5, 0.6) is 5.75 Å². The molecular formula is C20H26N4O. The van der Waals surface area contributed by atoms with Gasteiger partial charge in [-0.25, -0.2) is 9.97 Å². The predicted molar refractivity (Wildman–Crippen MR) is 99.0 cm³/mol. The summed E-state index contributed by atoms with van der Waals surface area (Å²) in [4.78, 5) is 11.0. The van der Waals surface area contributed by atoms with E-state index in [2.05, 4.69) is 52.2 Å². The van der Waals surface area contributed by atoms with Gasteiger partial charge in [0.15, 0.2) is 0 Å². The molecule has 1 N–H and O–H groups in total. The van der Waals surface area contributed by atoms with Crippen LogP contribution in [0.4, 0.5) is 5.95 Å². The molecule has 25 heavy (non-hydrogen) atoms. The number of nitrogens with one attached hydrogen (secondary N) is 1. The van der Waals surface area contributed by atoms with Gasteiger partial charge in [0.05, 0.1) is 0 Å². The van der Waals surface area contributed by atoms with Crippen LogP contribution in [0, 0.1) is 0 Å². The lowest BCUT2D eigenvalue weighted by Crippen LogP contribution is -2.46. The number of hydrogen-bond donors (Lipinski definition) is 1. The first-order valence-corrected chi connectivity index (χ1v) is 9.16. The van der Waals surface area contributed by atoms with Gasteiger partial charge in [-0.1, -0.05) is 18.2 Å². The van der Waals surface area contributed by atoms with E-state index in [0.717, 1.165) is 44.2 Å². The van der Waals surface area contributed by atoms with Crippen molar-refractivity contribution in [2.45, 2.75) is 51.3 Å². The van der Waals surface area contributed by atoms with Crippen molar-refractivity contribution < 1.29 is 4.74 Å². The van der Waals surface area contributed by atoms with Crippen LogP contribution >= 0.6 is 0 Å². The fraction of sp³-hybridized carbons (Fsp3) is 0.500. The molecule has 0 saturated carbocycles. The Labute approximate surface area is 149 Å². The van der Waals surface area contributed by atoms with Crippen molar-refractivity contribution in [1.82, 2.24) is 15.3 Å². The van der Waals surface area contributed by atoms with Crippen LogP contribution in [0.15, 0.2) is 36.7 Å². The highest BCUT2D eigenvalue weighted by atomic mass is 16.5. The monoisotopic (exact) mass is 338 g/mol. The summed E-state index contributed by atoms with van der Waals surface area (Å²) in [6.07, 6.45) is 6.95. The van der Waals surface area contributed by atoms with Gasteiger partial charge < -0.3 is 15.0 Å². The third-order valence-electron chi connectivity index (χ3n) is 5.01. The topological polar surface area (TPSA) is 50.3 Å². The lowest BCUT2D eigenvalue weighted by molar-refractivity contribution is 0.137. The first-order chi connectivity index (χ1) is 12.1. The number of aromatic nitrogens is 2. The molecular weight excluding hydrogens is 312 g/mol. The number of piperidine rings is 1. The van der Waals surface area contributed by atoms with Crippen LogP contribution < -0.4 is 15.0 Å². The average Bonchev–Trinajstić information content (AvgIpc) is 2.95. The number of anilines is 1. The fourth-order valence-electron chi connectivity index (χ4n) is 3.85. The van der Waals surface area contributed by atoms with Crippen molar-refractivity contribution in [3.63, 3.8) is 0 Å². The molecule has 0 spiro atoms. The minimum absolute atomic E-state index is 0.0925. The van der Waals surface area contributed by atoms with Crippen molar-refractivity contribution in [2.75, 3.05) is 18.0 Å². The van der Waals surface area contributed by atoms with Crippen LogP contribution in [-0.4, -0.2) is 34.7 Å². The first-order valence-electron chi connectivity index (χ1n) is 9.16. The molecule has 132 valence electrons. The Bertz CT molecular complexity index is 732. The Balaban J connectivity index is 1.40. The van der Waals surface area contributed by atoms with Crippen molar-refractivity contribution >= 4 is 5.95 Å². The minimum atomic E-state index is -0.0925. The molecule has 2 aliphatic heterocycles. The van der Waals surface area contributed by atoms with Crippen LogP contribution in [0.2, 0.25) is 0 Å². The Kier molecular flexibility index (Phi) is 4.34. The van der Waals surface area contributed by atoms with E-state index in [1.54, 1.807) is 0 Å². The summed E-state index contributed by atoms with van der Waals surface area (Å²) in [5.41, 5.74) is 2.49. The number of nitrogens with zero attached hydrogens (tertiary/aromatic N) is 3. The molecule has 3 heterocycles. The maximum Gasteiger partial charge on any atom is 0.225 e. The zero-order valence-electron chi connectivity index (χ0n) is 15.0. The van der Waals surface area contributed by atoms with E-state index in [4.69, 9.17) is 4.74 Å². The van der Waals surface area contributed by atoms with Gasteiger partial charge in [0.1, 0.15) is 11.4 Å². The normalized spacial score (nSPS) is 21.7. The Morgan fingerprint density at radius 2 is 2.08 bits per heavy atom. The molecule has 1 atom stereocenters. The second-order valence-corrected chi connectivity index (χ2v) is 7.66. The van der Waals surface area contributed by atoms with Gasteiger partial charge in [-0.15, -0.1) is 0 Å². The molecule has 2 aliphatic rings. The summed E-state index contributed by atoms with van der Waals surface area (Å²) in [6.45, 7) is 7.13. The standard InChI is InChI=1S/C20H26N4O/c1-20(2)12-15-6-3-7-16(18(15)25-20)13-23-17-8-4-11-24(14-17)19-21-9-5-10-22-19/h3,5-7,9-10,17,23H,4,8,11-14H2,1-2H3. The van der Waals surface area contributed by atoms with Crippen LogP contribution in [0.1, 0.15) is 37.8 Å². The SMILES string of the molecule is CC1(C)Cc2cccc(CNC3CCCN(c4ncccn4)C3)c2O1. The molecule has 0 bridgehead atoms. The number of benzene rings is 1. The highest BCUT2D eigenvalue weighted by Crippen LogP contribution is 2.37. The van der Waals surface area contributed by atoms with E-state index < -0.39 is 0 Å². The molecule has 2 aromatic rings. The van der Waals surface area contributed by atoms with Crippen molar-refractivity contribution in [3.8, 4) is 5.75 Å². The largest absolute Gasteiger partial charge is 0.487 e. The third kappa shape index (κ3) is 3.61. The van der Waals surface area contributed by atoms with Crippen LogP contribution in [0.25, 0.3) is 0 Å². The number of fused-ring (bicyclic) bond motifs is 1. The lowest BCUT2D eigenvalue weighted by atomic mass is 10.00. The van der Waals surface area contributed by atoms with E-state index >= 15 is 0 Å². The maximum absolute atomic E-state index is 6.19. The van der Waals surface area contributed by atoms with Gasteiger partial charge >= 0.3 is 0 Å². The zero-order valence-corrected chi connectivity index (χ0v) is 15.0. The highest BCUT2D eigenvalue weighted by Gasteiger charge is 2.31. The summed E-state index contributed by atoms with van der Waals surface area (Å²) < 4.78 is 6.19. The zero-order chi connectivity index (χ0) is 17.3. The van der Waals surface area contributed by atoms with Gasteiger partial charge in [0.2, 0.25) is 5.95 Å². The Hall–Kier alpha value is -2.14. The summed E-state index contributed by atoms with van der Waals surface area (Å²) in [7, 11) is 0. The second-order valence-electron chi connectivity index (χ2n) is 7.66.